The molecule has 2 aromatic carbocycles. The zero-order chi connectivity index (χ0) is 17.1. The van der Waals surface area contributed by atoms with Gasteiger partial charge in [-0.2, -0.15) is 0 Å². The fourth-order valence-electron chi connectivity index (χ4n) is 3.30. The van der Waals surface area contributed by atoms with Crippen molar-refractivity contribution in [3.05, 3.63) is 76.4 Å². The standard InChI is InChI=1S/C21H23NO2/c1-22(2)13-5-8-20-18-7-4-3-6-15(18)9-10-16-14-17(21(23)24)11-12-19(16)20/h3-4,6-8,11-12,14H,5,9-10,13H2,1-2H3,(H,23,24)/b20-8-. The molecule has 0 fully saturated rings. The van der Waals surface area contributed by atoms with Crippen molar-refractivity contribution in [1.29, 1.82) is 0 Å². The zero-order valence-corrected chi connectivity index (χ0v) is 14.2. The predicted molar refractivity (Wildman–Crippen MR) is 97.5 cm³/mol. The highest BCUT2D eigenvalue weighted by Crippen LogP contribution is 2.34. The lowest BCUT2D eigenvalue weighted by Crippen LogP contribution is -2.12. The third kappa shape index (κ3) is 3.41. The van der Waals surface area contributed by atoms with Crippen LogP contribution in [0.5, 0.6) is 0 Å². The first kappa shape index (κ1) is 16.5. The molecule has 2 aromatic rings. The molecule has 0 bridgehead atoms. The predicted octanol–water partition coefficient (Wildman–Crippen LogP) is 3.87. The van der Waals surface area contributed by atoms with Gasteiger partial charge in [-0.3, -0.25) is 0 Å². The number of carbonyl (C=O) groups is 1. The molecule has 0 spiro atoms. The van der Waals surface area contributed by atoms with Crippen molar-refractivity contribution in [2.45, 2.75) is 19.3 Å². The highest BCUT2D eigenvalue weighted by Gasteiger charge is 2.19. The van der Waals surface area contributed by atoms with Gasteiger partial charge in [0.1, 0.15) is 0 Å². The first-order valence-corrected chi connectivity index (χ1v) is 8.36. The second-order valence-electron chi connectivity index (χ2n) is 6.54. The van der Waals surface area contributed by atoms with Gasteiger partial charge in [-0.05, 0) is 73.3 Å². The quantitative estimate of drug-likeness (QED) is 0.929. The van der Waals surface area contributed by atoms with Crippen molar-refractivity contribution in [2.24, 2.45) is 0 Å². The van der Waals surface area contributed by atoms with Crippen molar-refractivity contribution >= 4 is 11.5 Å². The van der Waals surface area contributed by atoms with Crippen LogP contribution in [0.15, 0.2) is 48.5 Å². The molecule has 3 nitrogen and oxygen atoms in total. The molecule has 3 rings (SSSR count). The summed E-state index contributed by atoms with van der Waals surface area (Å²) in [4.78, 5) is 13.5. The number of benzene rings is 2. The number of carboxylic acids is 1. The second-order valence-corrected chi connectivity index (χ2v) is 6.54. The van der Waals surface area contributed by atoms with Gasteiger partial charge in [0.15, 0.2) is 0 Å². The van der Waals surface area contributed by atoms with Crippen molar-refractivity contribution < 1.29 is 9.90 Å². The van der Waals surface area contributed by atoms with E-state index in [0.29, 0.717) is 5.56 Å². The maximum Gasteiger partial charge on any atom is 0.335 e. The van der Waals surface area contributed by atoms with Crippen LogP contribution in [0.2, 0.25) is 0 Å². The molecule has 1 aliphatic carbocycles. The van der Waals surface area contributed by atoms with Crippen LogP contribution in [0.1, 0.15) is 39.0 Å². The normalized spacial score (nSPS) is 15.0. The highest BCUT2D eigenvalue weighted by molar-refractivity contribution is 5.90. The Bertz CT molecular complexity index is 790. The van der Waals surface area contributed by atoms with Gasteiger partial charge in [0.2, 0.25) is 0 Å². The number of rotatable bonds is 4. The highest BCUT2D eigenvalue weighted by atomic mass is 16.4. The third-order valence-electron chi connectivity index (χ3n) is 4.54. The number of aromatic carboxylic acids is 1. The van der Waals surface area contributed by atoms with Gasteiger partial charge < -0.3 is 10.0 Å². The minimum atomic E-state index is -0.863. The first-order valence-electron chi connectivity index (χ1n) is 8.36. The van der Waals surface area contributed by atoms with E-state index < -0.39 is 5.97 Å². The molecule has 0 radical (unpaired) electrons. The van der Waals surface area contributed by atoms with Gasteiger partial charge in [-0.25, -0.2) is 4.79 Å². The Morgan fingerprint density at radius 1 is 1.08 bits per heavy atom. The molecular formula is C21H23NO2. The first-order chi connectivity index (χ1) is 11.6. The fraction of sp³-hybridized carbons (Fsp3) is 0.286. The topological polar surface area (TPSA) is 40.5 Å². The molecule has 0 heterocycles. The average molecular weight is 321 g/mol. The molecule has 0 saturated carbocycles. The van der Waals surface area contributed by atoms with E-state index in [0.717, 1.165) is 31.4 Å². The Morgan fingerprint density at radius 2 is 1.79 bits per heavy atom. The number of aryl methyl sites for hydroxylation is 2. The molecule has 0 aliphatic heterocycles. The maximum atomic E-state index is 11.3. The summed E-state index contributed by atoms with van der Waals surface area (Å²) < 4.78 is 0. The zero-order valence-electron chi connectivity index (χ0n) is 14.2. The van der Waals surface area contributed by atoms with E-state index in [-0.39, 0.29) is 0 Å². The van der Waals surface area contributed by atoms with Gasteiger partial charge in [0.05, 0.1) is 5.56 Å². The molecule has 1 N–H and O–H groups in total. The van der Waals surface area contributed by atoms with Crippen LogP contribution in [-0.2, 0) is 12.8 Å². The summed E-state index contributed by atoms with van der Waals surface area (Å²) in [7, 11) is 4.15. The van der Waals surface area contributed by atoms with Crippen molar-refractivity contribution in [3.63, 3.8) is 0 Å². The molecule has 0 saturated heterocycles. The number of carboxylic acid groups (broad SMARTS) is 1. The van der Waals surface area contributed by atoms with E-state index in [1.165, 1.54) is 22.3 Å². The lowest BCUT2D eigenvalue weighted by Gasteiger charge is -2.14. The van der Waals surface area contributed by atoms with Crippen molar-refractivity contribution in [3.8, 4) is 0 Å². The van der Waals surface area contributed by atoms with Gasteiger partial charge in [0, 0.05) is 6.54 Å². The number of fused-ring (bicyclic) bond motifs is 2. The molecule has 0 amide bonds. The summed E-state index contributed by atoms with van der Waals surface area (Å²) in [6, 6.07) is 14.0. The summed E-state index contributed by atoms with van der Waals surface area (Å²) >= 11 is 0. The number of hydrogen-bond donors (Lipinski definition) is 1. The van der Waals surface area contributed by atoms with Gasteiger partial charge in [-0.1, -0.05) is 36.4 Å². The monoisotopic (exact) mass is 321 g/mol. The molecule has 0 aromatic heterocycles. The second kappa shape index (κ2) is 7.02. The SMILES string of the molecule is CN(C)CC/C=C1/c2ccccc2CCc2cc(C(=O)O)ccc21. The van der Waals surface area contributed by atoms with Crippen LogP contribution in [0.3, 0.4) is 0 Å². The molecule has 24 heavy (non-hydrogen) atoms. The van der Waals surface area contributed by atoms with Crippen LogP contribution < -0.4 is 0 Å². The van der Waals surface area contributed by atoms with Gasteiger partial charge in [-0.15, -0.1) is 0 Å². The Kier molecular flexibility index (Phi) is 4.81. The van der Waals surface area contributed by atoms with Crippen LogP contribution in [0, 0.1) is 0 Å². The molecule has 0 unspecified atom stereocenters. The van der Waals surface area contributed by atoms with Crippen LogP contribution >= 0.6 is 0 Å². The van der Waals surface area contributed by atoms with Gasteiger partial charge in [0.25, 0.3) is 0 Å². The third-order valence-corrected chi connectivity index (χ3v) is 4.54. The average Bonchev–Trinajstić information content (AvgIpc) is 2.71. The number of nitrogens with zero attached hydrogens (tertiary/aromatic N) is 1. The van der Waals surface area contributed by atoms with E-state index in [9.17, 15) is 9.90 Å². The maximum absolute atomic E-state index is 11.3. The molecular weight excluding hydrogens is 298 g/mol. The summed E-state index contributed by atoms with van der Waals surface area (Å²) in [5.41, 5.74) is 6.51. The minimum absolute atomic E-state index is 0.368. The van der Waals surface area contributed by atoms with Crippen LogP contribution in [0.4, 0.5) is 0 Å². The summed E-state index contributed by atoms with van der Waals surface area (Å²) in [6.45, 7) is 0.994. The Hall–Kier alpha value is -2.39. The van der Waals surface area contributed by atoms with E-state index in [1.54, 1.807) is 6.07 Å². The van der Waals surface area contributed by atoms with Crippen LogP contribution in [-0.4, -0.2) is 36.6 Å². The Balaban J connectivity index is 2.09. The lowest BCUT2D eigenvalue weighted by atomic mass is 9.92. The fourth-order valence-corrected chi connectivity index (χ4v) is 3.30. The van der Waals surface area contributed by atoms with E-state index in [4.69, 9.17) is 0 Å². The molecule has 1 aliphatic rings. The molecule has 3 heteroatoms. The van der Waals surface area contributed by atoms with E-state index in [1.807, 2.05) is 12.1 Å². The Labute approximate surface area is 143 Å². The lowest BCUT2D eigenvalue weighted by molar-refractivity contribution is 0.0696. The number of hydrogen-bond acceptors (Lipinski definition) is 2. The molecule has 0 atom stereocenters. The van der Waals surface area contributed by atoms with Crippen molar-refractivity contribution in [2.75, 3.05) is 20.6 Å². The van der Waals surface area contributed by atoms with E-state index >= 15 is 0 Å². The van der Waals surface area contributed by atoms with Crippen molar-refractivity contribution in [1.82, 2.24) is 4.90 Å². The molecule has 124 valence electrons. The minimum Gasteiger partial charge on any atom is -0.478 e. The largest absolute Gasteiger partial charge is 0.478 e. The van der Waals surface area contributed by atoms with E-state index in [2.05, 4.69) is 49.3 Å². The summed E-state index contributed by atoms with van der Waals surface area (Å²) in [6.07, 6.45) is 5.08. The summed E-state index contributed by atoms with van der Waals surface area (Å²) in [5.74, 6) is -0.863. The smallest absolute Gasteiger partial charge is 0.335 e. The van der Waals surface area contributed by atoms with Gasteiger partial charge >= 0.3 is 5.97 Å². The Morgan fingerprint density at radius 3 is 2.54 bits per heavy atom. The van der Waals surface area contributed by atoms with Crippen LogP contribution in [0.25, 0.3) is 5.57 Å². The summed E-state index contributed by atoms with van der Waals surface area (Å²) in [5, 5.41) is 9.28.